The molecule has 3 aliphatic heterocycles. The number of carbonyl (C=O) groups is 1. The Morgan fingerprint density at radius 2 is 1.89 bits per heavy atom. The van der Waals surface area contributed by atoms with Crippen LogP contribution in [0.25, 0.3) is 0 Å². The number of rotatable bonds is 8. The molecule has 0 N–H and O–H groups in total. The zero-order valence-corrected chi connectivity index (χ0v) is 23.3. The van der Waals surface area contributed by atoms with E-state index in [4.69, 9.17) is 23.7 Å². The molecular formula is C32H42O6. The molecule has 0 aromatic heterocycles. The van der Waals surface area contributed by atoms with Crippen molar-refractivity contribution in [2.75, 3.05) is 6.61 Å². The van der Waals surface area contributed by atoms with Gasteiger partial charge >= 0.3 is 5.97 Å². The number of hydrogen-bond acceptors (Lipinski definition) is 6. The number of esters is 1. The normalized spacial score (nSPS) is 24.7. The number of cyclic esters (lactones) is 1. The monoisotopic (exact) mass is 522 g/mol. The van der Waals surface area contributed by atoms with E-state index >= 15 is 0 Å². The third-order valence-corrected chi connectivity index (χ3v) is 8.13. The van der Waals surface area contributed by atoms with Crippen LogP contribution in [0.1, 0.15) is 86.6 Å². The highest BCUT2D eigenvalue weighted by Gasteiger charge is 2.35. The van der Waals surface area contributed by atoms with Crippen molar-refractivity contribution in [1.82, 2.24) is 0 Å². The van der Waals surface area contributed by atoms with Crippen molar-refractivity contribution in [3.63, 3.8) is 0 Å². The van der Waals surface area contributed by atoms with E-state index in [2.05, 4.69) is 39.8 Å². The molecule has 3 heterocycles. The van der Waals surface area contributed by atoms with Gasteiger partial charge < -0.3 is 23.7 Å². The maximum absolute atomic E-state index is 12.5. The lowest BCUT2D eigenvalue weighted by Gasteiger charge is -2.37. The average Bonchev–Trinajstić information content (AvgIpc) is 2.89. The fraction of sp³-hybridized carbons (Fsp3) is 0.594. The first kappa shape index (κ1) is 27.0. The molecule has 2 saturated heterocycles. The summed E-state index contributed by atoms with van der Waals surface area (Å²) in [6, 6.07) is 10.3. The number of hydrogen-bond donors (Lipinski definition) is 0. The molecule has 0 saturated carbocycles. The van der Waals surface area contributed by atoms with Gasteiger partial charge in [0.05, 0.1) is 12.5 Å². The standard InChI is InChI=1S/C32H42O6/c1-21-26(14-13-24-18-25(19-28(33)36-24)37-29-12-8-9-17-34-29)31-27(15-16-32(3,4)38-31)22(2)30(21)35-20-23-10-6-5-7-11-23/h5-7,10-11,24-25,29H,8-9,12-20H2,1-4H3/t24-,25-,29?/m0/s1. The van der Waals surface area contributed by atoms with Crippen molar-refractivity contribution in [2.24, 2.45) is 0 Å². The van der Waals surface area contributed by atoms with E-state index in [1.807, 2.05) is 18.2 Å². The van der Waals surface area contributed by atoms with Crippen molar-refractivity contribution in [3.8, 4) is 11.5 Å². The molecule has 3 atom stereocenters. The minimum atomic E-state index is -0.219. The van der Waals surface area contributed by atoms with E-state index in [0.717, 1.165) is 85.3 Å². The zero-order valence-electron chi connectivity index (χ0n) is 23.3. The summed E-state index contributed by atoms with van der Waals surface area (Å²) < 4.78 is 30.8. The van der Waals surface area contributed by atoms with Crippen LogP contribution in [0.15, 0.2) is 30.3 Å². The summed E-state index contributed by atoms with van der Waals surface area (Å²) in [6.07, 6.45) is 6.90. The molecular weight excluding hydrogens is 480 g/mol. The topological polar surface area (TPSA) is 63.2 Å². The Bertz CT molecular complexity index is 1120. The highest BCUT2D eigenvalue weighted by Crippen LogP contribution is 2.45. The van der Waals surface area contributed by atoms with Crippen molar-refractivity contribution >= 4 is 5.97 Å². The van der Waals surface area contributed by atoms with Gasteiger partial charge in [0.1, 0.15) is 29.8 Å². The van der Waals surface area contributed by atoms with Gasteiger partial charge in [-0.15, -0.1) is 0 Å². The zero-order chi connectivity index (χ0) is 26.7. The second-order valence-corrected chi connectivity index (χ2v) is 11.6. The smallest absolute Gasteiger partial charge is 0.308 e. The molecule has 6 heteroatoms. The van der Waals surface area contributed by atoms with Gasteiger partial charge in [-0.2, -0.15) is 0 Å². The van der Waals surface area contributed by atoms with Crippen LogP contribution in [-0.4, -0.2) is 36.7 Å². The van der Waals surface area contributed by atoms with Crippen molar-refractivity contribution in [1.29, 1.82) is 0 Å². The van der Waals surface area contributed by atoms with Gasteiger partial charge in [-0.25, -0.2) is 0 Å². The first-order chi connectivity index (χ1) is 18.3. The molecule has 2 aromatic rings. The highest BCUT2D eigenvalue weighted by atomic mass is 16.7. The van der Waals surface area contributed by atoms with Gasteiger partial charge in [0.2, 0.25) is 0 Å². The lowest BCUT2D eigenvalue weighted by Crippen LogP contribution is -2.38. The highest BCUT2D eigenvalue weighted by molar-refractivity contribution is 5.71. The summed E-state index contributed by atoms with van der Waals surface area (Å²) >= 11 is 0. The summed E-state index contributed by atoms with van der Waals surface area (Å²) in [4.78, 5) is 12.5. The fourth-order valence-electron chi connectivity index (χ4n) is 5.97. The third kappa shape index (κ3) is 6.35. The van der Waals surface area contributed by atoms with Crippen molar-refractivity contribution < 1.29 is 28.5 Å². The van der Waals surface area contributed by atoms with Gasteiger partial charge in [-0.3, -0.25) is 4.79 Å². The van der Waals surface area contributed by atoms with Gasteiger partial charge in [0, 0.05) is 24.2 Å². The van der Waals surface area contributed by atoms with Crippen molar-refractivity contribution in [3.05, 3.63) is 58.1 Å². The van der Waals surface area contributed by atoms with E-state index in [9.17, 15) is 4.79 Å². The van der Waals surface area contributed by atoms with E-state index in [-0.39, 0.29) is 30.1 Å². The lowest BCUT2D eigenvalue weighted by molar-refractivity contribution is -0.209. The fourth-order valence-corrected chi connectivity index (χ4v) is 5.97. The molecule has 1 unspecified atom stereocenters. The maximum atomic E-state index is 12.5. The molecule has 5 rings (SSSR count). The first-order valence-corrected chi connectivity index (χ1v) is 14.3. The average molecular weight is 523 g/mol. The van der Waals surface area contributed by atoms with Crippen LogP contribution in [0.2, 0.25) is 0 Å². The third-order valence-electron chi connectivity index (χ3n) is 8.13. The Hall–Kier alpha value is -2.57. The minimum absolute atomic E-state index is 0.155. The lowest BCUT2D eigenvalue weighted by atomic mass is 9.86. The molecule has 38 heavy (non-hydrogen) atoms. The number of carbonyl (C=O) groups excluding carboxylic acids is 1. The van der Waals surface area contributed by atoms with Gasteiger partial charge in [-0.1, -0.05) is 30.3 Å². The van der Waals surface area contributed by atoms with Crippen LogP contribution in [0.4, 0.5) is 0 Å². The predicted molar refractivity (Wildman–Crippen MR) is 146 cm³/mol. The Morgan fingerprint density at radius 1 is 1.08 bits per heavy atom. The van der Waals surface area contributed by atoms with Crippen LogP contribution in [0.3, 0.4) is 0 Å². The second-order valence-electron chi connectivity index (χ2n) is 11.6. The van der Waals surface area contributed by atoms with E-state index < -0.39 is 0 Å². The number of benzene rings is 2. The van der Waals surface area contributed by atoms with Crippen LogP contribution in [0, 0.1) is 13.8 Å². The summed E-state index contributed by atoms with van der Waals surface area (Å²) in [6.45, 7) is 9.84. The molecule has 6 nitrogen and oxygen atoms in total. The van der Waals surface area contributed by atoms with E-state index in [1.54, 1.807) is 0 Å². The molecule has 0 amide bonds. The molecule has 0 aliphatic carbocycles. The summed E-state index contributed by atoms with van der Waals surface area (Å²) in [5.74, 6) is 1.75. The van der Waals surface area contributed by atoms with Gasteiger partial charge in [-0.05, 0) is 89.3 Å². The Labute approximate surface area is 226 Å². The van der Waals surface area contributed by atoms with Gasteiger partial charge in [0.25, 0.3) is 0 Å². The van der Waals surface area contributed by atoms with Crippen LogP contribution in [-0.2, 0) is 38.5 Å². The molecule has 0 radical (unpaired) electrons. The van der Waals surface area contributed by atoms with E-state index in [1.165, 1.54) is 5.56 Å². The minimum Gasteiger partial charge on any atom is -0.488 e. The first-order valence-electron chi connectivity index (χ1n) is 14.3. The van der Waals surface area contributed by atoms with Crippen LogP contribution >= 0.6 is 0 Å². The van der Waals surface area contributed by atoms with Crippen LogP contribution < -0.4 is 9.47 Å². The van der Waals surface area contributed by atoms with E-state index in [0.29, 0.717) is 19.4 Å². The molecule has 0 bridgehead atoms. The molecule has 3 aliphatic rings. The maximum Gasteiger partial charge on any atom is 0.308 e. The molecule has 2 aromatic carbocycles. The Balaban J connectivity index is 1.35. The molecule has 0 spiro atoms. The largest absolute Gasteiger partial charge is 0.488 e. The quantitative estimate of drug-likeness (QED) is 0.367. The Kier molecular flexibility index (Phi) is 8.29. The number of fused-ring (bicyclic) bond motifs is 1. The van der Waals surface area contributed by atoms with Crippen LogP contribution in [0.5, 0.6) is 11.5 Å². The summed E-state index contributed by atoms with van der Waals surface area (Å²) in [7, 11) is 0. The Morgan fingerprint density at radius 3 is 2.66 bits per heavy atom. The van der Waals surface area contributed by atoms with Gasteiger partial charge in [0.15, 0.2) is 6.29 Å². The second kappa shape index (κ2) is 11.7. The summed E-state index contributed by atoms with van der Waals surface area (Å²) in [5, 5.41) is 0. The summed E-state index contributed by atoms with van der Waals surface area (Å²) in [5.41, 5.74) is 5.60. The predicted octanol–water partition coefficient (Wildman–Crippen LogP) is 6.54. The SMILES string of the molecule is Cc1c(CC[C@H]2C[C@H](OC3CCCCO3)CC(=O)O2)c2c(c(C)c1OCc1ccccc1)CCC(C)(C)O2. The molecule has 2 fully saturated rings. The number of ether oxygens (including phenoxy) is 5. The van der Waals surface area contributed by atoms with Crippen molar-refractivity contribution in [2.45, 2.75) is 116 Å². The molecule has 206 valence electrons.